The van der Waals surface area contributed by atoms with Gasteiger partial charge in [0.25, 0.3) is 5.91 Å². The van der Waals surface area contributed by atoms with Crippen LogP contribution in [0.5, 0.6) is 0 Å². The number of aromatic nitrogens is 1. The third-order valence-corrected chi connectivity index (χ3v) is 5.62. The molecular formula is C18H23N3OS. The third kappa shape index (κ3) is 3.55. The maximum absolute atomic E-state index is 12.6. The van der Waals surface area contributed by atoms with E-state index in [0.717, 1.165) is 41.4 Å². The maximum Gasteiger partial charge on any atom is 0.263 e. The Morgan fingerprint density at radius 1 is 1.30 bits per heavy atom. The summed E-state index contributed by atoms with van der Waals surface area (Å²) < 4.78 is 0. The highest BCUT2D eigenvalue weighted by Gasteiger charge is 2.22. The van der Waals surface area contributed by atoms with Crippen molar-refractivity contribution in [3.63, 3.8) is 0 Å². The molecule has 122 valence electrons. The van der Waals surface area contributed by atoms with Crippen LogP contribution >= 0.6 is 11.3 Å². The van der Waals surface area contributed by atoms with E-state index in [4.69, 9.17) is 0 Å². The fraction of sp³-hybridized carbons (Fsp3) is 0.444. The number of amides is 1. The van der Waals surface area contributed by atoms with E-state index in [1.165, 1.54) is 22.5 Å². The SMILES string of the molecule is Cc1nc(N(C)C)sc1C(=O)N[C@H]1CCCc2ccccc2C1. The summed E-state index contributed by atoms with van der Waals surface area (Å²) in [5.41, 5.74) is 3.60. The van der Waals surface area contributed by atoms with Gasteiger partial charge in [-0.15, -0.1) is 0 Å². The van der Waals surface area contributed by atoms with Gasteiger partial charge < -0.3 is 10.2 Å². The number of rotatable bonds is 3. The minimum absolute atomic E-state index is 0.0116. The van der Waals surface area contributed by atoms with E-state index in [9.17, 15) is 4.79 Å². The Balaban J connectivity index is 1.73. The number of nitrogens with zero attached hydrogens (tertiary/aromatic N) is 2. The van der Waals surface area contributed by atoms with Crippen LogP contribution in [0.3, 0.4) is 0 Å². The highest BCUT2D eigenvalue weighted by Crippen LogP contribution is 2.25. The minimum atomic E-state index is 0.0116. The first-order valence-corrected chi connectivity index (χ1v) is 8.88. The fourth-order valence-electron chi connectivity index (χ4n) is 3.07. The summed E-state index contributed by atoms with van der Waals surface area (Å²) in [6.45, 7) is 1.90. The van der Waals surface area contributed by atoms with Gasteiger partial charge in [0, 0.05) is 20.1 Å². The van der Waals surface area contributed by atoms with Crippen LogP contribution in [0.15, 0.2) is 24.3 Å². The van der Waals surface area contributed by atoms with Gasteiger partial charge >= 0.3 is 0 Å². The van der Waals surface area contributed by atoms with E-state index < -0.39 is 0 Å². The van der Waals surface area contributed by atoms with Crippen molar-refractivity contribution in [2.75, 3.05) is 19.0 Å². The second-order valence-corrected chi connectivity index (χ2v) is 7.32. The highest BCUT2D eigenvalue weighted by molar-refractivity contribution is 7.17. The smallest absolute Gasteiger partial charge is 0.263 e. The predicted octanol–water partition coefficient (Wildman–Crippen LogP) is 3.19. The van der Waals surface area contributed by atoms with Crippen molar-refractivity contribution < 1.29 is 4.79 Å². The molecule has 0 fully saturated rings. The molecule has 1 aromatic heterocycles. The molecule has 5 heteroatoms. The van der Waals surface area contributed by atoms with Crippen molar-refractivity contribution in [2.45, 2.75) is 38.6 Å². The molecule has 0 saturated carbocycles. The van der Waals surface area contributed by atoms with Gasteiger partial charge in [0.05, 0.1) is 5.69 Å². The van der Waals surface area contributed by atoms with Crippen LogP contribution in [0.2, 0.25) is 0 Å². The number of nitrogens with one attached hydrogen (secondary N) is 1. The van der Waals surface area contributed by atoms with Crippen molar-refractivity contribution in [1.29, 1.82) is 0 Å². The number of anilines is 1. The van der Waals surface area contributed by atoms with Gasteiger partial charge in [0.2, 0.25) is 0 Å². The van der Waals surface area contributed by atoms with Crippen molar-refractivity contribution in [2.24, 2.45) is 0 Å². The summed E-state index contributed by atoms with van der Waals surface area (Å²) in [7, 11) is 3.89. The molecule has 2 aromatic rings. The standard InChI is InChI=1S/C18H23N3OS/c1-12-16(23-18(19-12)21(2)3)17(22)20-15-10-6-9-13-7-4-5-8-14(13)11-15/h4-5,7-8,15H,6,9-11H2,1-3H3,(H,20,22)/t15-/m0/s1. The predicted molar refractivity (Wildman–Crippen MR) is 95.5 cm³/mol. The molecule has 1 aliphatic carbocycles. The van der Waals surface area contributed by atoms with Gasteiger partial charge in [-0.2, -0.15) is 0 Å². The minimum Gasteiger partial charge on any atom is -0.354 e. The molecule has 1 aliphatic rings. The van der Waals surface area contributed by atoms with E-state index in [1.807, 2.05) is 25.9 Å². The molecule has 0 aliphatic heterocycles. The van der Waals surface area contributed by atoms with Gasteiger partial charge in [-0.3, -0.25) is 4.79 Å². The molecule has 23 heavy (non-hydrogen) atoms. The topological polar surface area (TPSA) is 45.2 Å². The first kappa shape index (κ1) is 16.0. The first-order chi connectivity index (χ1) is 11.0. The van der Waals surface area contributed by atoms with E-state index in [-0.39, 0.29) is 11.9 Å². The number of benzene rings is 1. The fourth-order valence-corrected chi connectivity index (χ4v) is 3.96. The number of hydrogen-bond donors (Lipinski definition) is 1. The molecule has 1 atom stereocenters. The molecule has 3 rings (SSSR count). The number of aryl methyl sites for hydroxylation is 2. The van der Waals surface area contributed by atoms with Crippen molar-refractivity contribution in [3.05, 3.63) is 46.0 Å². The van der Waals surface area contributed by atoms with Crippen LogP contribution < -0.4 is 10.2 Å². The van der Waals surface area contributed by atoms with E-state index in [1.54, 1.807) is 0 Å². The molecule has 1 aromatic carbocycles. The summed E-state index contributed by atoms with van der Waals surface area (Å²) >= 11 is 1.46. The van der Waals surface area contributed by atoms with Crippen LogP contribution in [0, 0.1) is 6.92 Å². The van der Waals surface area contributed by atoms with E-state index >= 15 is 0 Å². The number of thiazole rings is 1. The second kappa shape index (κ2) is 6.71. The molecule has 0 unspecified atom stereocenters. The van der Waals surface area contributed by atoms with Crippen molar-refractivity contribution in [3.8, 4) is 0 Å². The van der Waals surface area contributed by atoms with Crippen LogP contribution in [0.4, 0.5) is 5.13 Å². The molecule has 1 heterocycles. The van der Waals surface area contributed by atoms with Crippen LogP contribution in [-0.4, -0.2) is 31.0 Å². The van der Waals surface area contributed by atoms with Crippen LogP contribution in [0.25, 0.3) is 0 Å². The molecule has 4 nitrogen and oxygen atoms in total. The lowest BCUT2D eigenvalue weighted by Crippen LogP contribution is -2.36. The Morgan fingerprint density at radius 2 is 2.04 bits per heavy atom. The molecular weight excluding hydrogens is 306 g/mol. The first-order valence-electron chi connectivity index (χ1n) is 8.07. The van der Waals surface area contributed by atoms with Gasteiger partial charge in [-0.05, 0) is 43.7 Å². The highest BCUT2D eigenvalue weighted by atomic mass is 32.1. The van der Waals surface area contributed by atoms with Gasteiger partial charge in [0.15, 0.2) is 5.13 Å². The third-order valence-electron chi connectivity index (χ3n) is 4.29. The van der Waals surface area contributed by atoms with Crippen LogP contribution in [-0.2, 0) is 12.8 Å². The molecule has 0 radical (unpaired) electrons. The average molecular weight is 329 g/mol. The Kier molecular flexibility index (Phi) is 4.66. The summed E-state index contributed by atoms with van der Waals surface area (Å²) in [4.78, 5) is 19.8. The summed E-state index contributed by atoms with van der Waals surface area (Å²) in [5, 5.41) is 4.10. The Hall–Kier alpha value is -1.88. The zero-order chi connectivity index (χ0) is 16.4. The largest absolute Gasteiger partial charge is 0.354 e. The molecule has 1 amide bonds. The van der Waals surface area contributed by atoms with Crippen molar-refractivity contribution in [1.82, 2.24) is 10.3 Å². The quantitative estimate of drug-likeness (QED) is 0.880. The van der Waals surface area contributed by atoms with Gasteiger partial charge in [0.1, 0.15) is 4.88 Å². The lowest BCUT2D eigenvalue weighted by Gasteiger charge is -2.16. The summed E-state index contributed by atoms with van der Waals surface area (Å²) in [5.74, 6) is 0.0116. The van der Waals surface area contributed by atoms with E-state index in [0.29, 0.717) is 0 Å². The molecule has 0 spiro atoms. The summed E-state index contributed by atoms with van der Waals surface area (Å²) in [6, 6.07) is 8.77. The lowest BCUT2D eigenvalue weighted by atomic mass is 10.0. The van der Waals surface area contributed by atoms with E-state index in [2.05, 4.69) is 34.6 Å². The molecule has 0 saturated heterocycles. The number of carbonyl (C=O) groups is 1. The maximum atomic E-state index is 12.6. The monoisotopic (exact) mass is 329 g/mol. The molecule has 0 bridgehead atoms. The summed E-state index contributed by atoms with van der Waals surface area (Å²) in [6.07, 6.45) is 4.17. The Bertz CT molecular complexity index is 708. The zero-order valence-electron chi connectivity index (χ0n) is 13.9. The van der Waals surface area contributed by atoms with Gasteiger partial charge in [-0.1, -0.05) is 35.6 Å². The van der Waals surface area contributed by atoms with Gasteiger partial charge in [-0.25, -0.2) is 4.98 Å². The Morgan fingerprint density at radius 3 is 2.74 bits per heavy atom. The average Bonchev–Trinajstić information content (AvgIpc) is 2.79. The zero-order valence-corrected chi connectivity index (χ0v) is 14.7. The Labute approximate surface area is 141 Å². The lowest BCUT2D eigenvalue weighted by molar-refractivity contribution is 0.0938. The number of hydrogen-bond acceptors (Lipinski definition) is 4. The molecule has 1 N–H and O–H groups in total. The number of carbonyl (C=O) groups excluding carboxylic acids is 1. The van der Waals surface area contributed by atoms with Crippen molar-refractivity contribution >= 4 is 22.4 Å². The van der Waals surface area contributed by atoms with Crippen LogP contribution in [0.1, 0.15) is 39.3 Å². The number of fused-ring (bicyclic) bond motifs is 1. The normalized spacial score (nSPS) is 17.3. The second-order valence-electron chi connectivity index (χ2n) is 6.34.